The van der Waals surface area contributed by atoms with E-state index in [2.05, 4.69) is 18.2 Å². The Labute approximate surface area is 135 Å². The number of Topliss-reactive ketones (excluding diaryl/α,β-unsaturated/α-hetero) is 1. The molecule has 0 spiro atoms. The molecule has 2 unspecified atom stereocenters. The van der Waals surface area contributed by atoms with E-state index >= 15 is 0 Å². The minimum atomic E-state index is -0.173. The Morgan fingerprint density at radius 2 is 1.74 bits per heavy atom. The molecule has 1 aliphatic heterocycles. The lowest BCUT2D eigenvalue weighted by Gasteiger charge is -2.40. The molecule has 0 saturated heterocycles. The van der Waals surface area contributed by atoms with Crippen LogP contribution in [0.15, 0.2) is 48.5 Å². The fourth-order valence-electron chi connectivity index (χ4n) is 4.14. The number of carbonyl (C=O) groups is 2. The van der Waals surface area contributed by atoms with Gasteiger partial charge in [0.15, 0.2) is 0 Å². The van der Waals surface area contributed by atoms with E-state index in [1.54, 1.807) is 6.92 Å². The van der Waals surface area contributed by atoms with Crippen LogP contribution in [0.3, 0.4) is 0 Å². The van der Waals surface area contributed by atoms with Crippen LogP contribution < -0.4 is 4.90 Å². The van der Waals surface area contributed by atoms with Crippen LogP contribution in [0.1, 0.15) is 37.8 Å². The topological polar surface area (TPSA) is 37.4 Å². The average Bonchev–Trinajstić information content (AvgIpc) is 2.99. The van der Waals surface area contributed by atoms with E-state index in [9.17, 15) is 9.59 Å². The number of benzene rings is 2. The van der Waals surface area contributed by atoms with Gasteiger partial charge in [-0.2, -0.15) is 0 Å². The van der Waals surface area contributed by atoms with Crippen LogP contribution in [0.5, 0.6) is 0 Å². The van der Waals surface area contributed by atoms with Crippen molar-refractivity contribution in [3.05, 3.63) is 54.1 Å². The van der Waals surface area contributed by atoms with Crippen molar-refractivity contribution in [2.24, 2.45) is 5.92 Å². The highest BCUT2D eigenvalue weighted by molar-refractivity contribution is 6.01. The van der Waals surface area contributed by atoms with Crippen molar-refractivity contribution >= 4 is 17.4 Å². The van der Waals surface area contributed by atoms with Gasteiger partial charge in [-0.1, -0.05) is 42.5 Å². The van der Waals surface area contributed by atoms with Crippen LogP contribution in [0.2, 0.25) is 0 Å². The summed E-state index contributed by atoms with van der Waals surface area (Å²) in [6, 6.07) is 16.0. The van der Waals surface area contributed by atoms with Gasteiger partial charge < -0.3 is 4.90 Å². The van der Waals surface area contributed by atoms with Gasteiger partial charge in [-0.25, -0.2) is 0 Å². The highest BCUT2D eigenvalue weighted by Gasteiger charge is 2.42. The molecule has 23 heavy (non-hydrogen) atoms. The molecule has 1 fully saturated rings. The van der Waals surface area contributed by atoms with Crippen molar-refractivity contribution in [2.45, 2.75) is 32.2 Å². The fourth-order valence-corrected chi connectivity index (χ4v) is 4.14. The molecular formula is C20H19NO2. The lowest BCUT2D eigenvalue weighted by molar-refractivity contribution is -0.122. The monoisotopic (exact) mass is 305 g/mol. The number of amides is 1. The van der Waals surface area contributed by atoms with E-state index in [0.29, 0.717) is 6.42 Å². The van der Waals surface area contributed by atoms with Crippen LogP contribution in [0.4, 0.5) is 5.69 Å². The van der Waals surface area contributed by atoms with Crippen LogP contribution in [0.25, 0.3) is 11.1 Å². The van der Waals surface area contributed by atoms with Gasteiger partial charge in [-0.15, -0.1) is 0 Å². The van der Waals surface area contributed by atoms with E-state index in [4.69, 9.17) is 0 Å². The summed E-state index contributed by atoms with van der Waals surface area (Å²) in [4.78, 5) is 26.7. The Morgan fingerprint density at radius 1 is 1.04 bits per heavy atom. The molecule has 0 radical (unpaired) electrons. The van der Waals surface area contributed by atoms with E-state index in [1.807, 2.05) is 35.2 Å². The van der Waals surface area contributed by atoms with Crippen LogP contribution in [0, 0.1) is 5.92 Å². The predicted octanol–water partition coefficient (Wildman–Crippen LogP) is 4.13. The maximum atomic E-state index is 12.5. The van der Waals surface area contributed by atoms with Crippen molar-refractivity contribution in [3.63, 3.8) is 0 Å². The zero-order chi connectivity index (χ0) is 16.0. The Hall–Kier alpha value is -2.42. The van der Waals surface area contributed by atoms with Crippen molar-refractivity contribution in [3.8, 4) is 11.1 Å². The third kappa shape index (κ3) is 2.11. The summed E-state index contributed by atoms with van der Waals surface area (Å²) in [7, 11) is 0. The number of rotatable bonds is 1. The summed E-state index contributed by atoms with van der Waals surface area (Å²) in [5.74, 6) is 0.195. The molecule has 2 aliphatic rings. The van der Waals surface area contributed by atoms with E-state index in [0.717, 1.165) is 35.2 Å². The van der Waals surface area contributed by atoms with Crippen molar-refractivity contribution in [2.75, 3.05) is 4.90 Å². The molecule has 0 N–H and O–H groups in total. The average molecular weight is 305 g/mol. The third-order valence-corrected chi connectivity index (χ3v) is 5.08. The Morgan fingerprint density at radius 3 is 2.43 bits per heavy atom. The fraction of sp³-hybridized carbons (Fsp3) is 0.300. The highest BCUT2D eigenvalue weighted by atomic mass is 16.2. The van der Waals surface area contributed by atoms with Crippen molar-refractivity contribution < 1.29 is 9.59 Å². The minimum absolute atomic E-state index is 0.00310. The van der Waals surface area contributed by atoms with Crippen molar-refractivity contribution in [1.29, 1.82) is 0 Å². The van der Waals surface area contributed by atoms with Gasteiger partial charge in [-0.05, 0) is 30.0 Å². The lowest BCUT2D eigenvalue weighted by Crippen LogP contribution is -2.41. The molecule has 1 amide bonds. The number of hydrogen-bond donors (Lipinski definition) is 0. The van der Waals surface area contributed by atoms with Crippen LogP contribution in [-0.2, 0) is 9.59 Å². The second-order valence-corrected chi connectivity index (χ2v) is 6.40. The zero-order valence-corrected chi connectivity index (χ0v) is 13.2. The van der Waals surface area contributed by atoms with Crippen LogP contribution in [-0.4, -0.2) is 11.7 Å². The number of carbonyl (C=O) groups excluding carboxylic acids is 2. The third-order valence-electron chi connectivity index (χ3n) is 5.08. The summed E-state index contributed by atoms with van der Waals surface area (Å²) < 4.78 is 0. The number of fused-ring (bicyclic) bond motifs is 3. The number of anilines is 1. The molecule has 2 atom stereocenters. The molecule has 2 aromatic carbocycles. The van der Waals surface area contributed by atoms with Gasteiger partial charge in [0, 0.05) is 24.8 Å². The standard InChI is InChI=1S/C20H19NO2/c1-13(22)21-18-11-5-4-8-15(18)14-7-2-3-9-16(14)20(21)17-10-6-12-19(17)23/h2-5,7-9,11,17,20H,6,10,12H2,1H3. The Balaban J connectivity index is 1.97. The first-order valence-electron chi connectivity index (χ1n) is 8.19. The smallest absolute Gasteiger partial charge is 0.224 e. The largest absolute Gasteiger partial charge is 0.304 e. The number of nitrogens with zero attached hydrogens (tertiary/aromatic N) is 1. The van der Waals surface area contributed by atoms with Gasteiger partial charge in [0.25, 0.3) is 0 Å². The number of hydrogen-bond acceptors (Lipinski definition) is 2. The summed E-state index contributed by atoms with van der Waals surface area (Å²) in [5.41, 5.74) is 4.23. The molecule has 0 aromatic heterocycles. The highest BCUT2D eigenvalue weighted by Crippen LogP contribution is 2.49. The zero-order valence-electron chi connectivity index (χ0n) is 13.2. The molecule has 1 heterocycles. The normalized spacial score (nSPS) is 22.7. The van der Waals surface area contributed by atoms with E-state index in [-0.39, 0.29) is 23.7 Å². The molecule has 116 valence electrons. The number of ketones is 1. The first-order chi connectivity index (χ1) is 11.2. The molecule has 1 aliphatic carbocycles. The van der Waals surface area contributed by atoms with Crippen molar-refractivity contribution in [1.82, 2.24) is 0 Å². The number of para-hydroxylation sites is 1. The van der Waals surface area contributed by atoms with Gasteiger partial charge in [0.2, 0.25) is 5.91 Å². The predicted molar refractivity (Wildman–Crippen MR) is 90.1 cm³/mol. The Kier molecular flexibility index (Phi) is 3.29. The van der Waals surface area contributed by atoms with E-state index in [1.165, 1.54) is 0 Å². The van der Waals surface area contributed by atoms with Gasteiger partial charge >= 0.3 is 0 Å². The summed E-state index contributed by atoms with van der Waals surface area (Å²) in [6.07, 6.45) is 2.43. The second-order valence-electron chi connectivity index (χ2n) is 6.40. The SMILES string of the molecule is CC(=O)N1c2ccccc2-c2ccccc2C1C1CCCC1=O. The quantitative estimate of drug-likeness (QED) is 0.794. The first kappa shape index (κ1) is 14.2. The minimum Gasteiger partial charge on any atom is -0.304 e. The van der Waals surface area contributed by atoms with Gasteiger partial charge in [0.05, 0.1) is 11.7 Å². The molecule has 4 rings (SSSR count). The lowest BCUT2D eigenvalue weighted by atomic mass is 9.81. The molecule has 1 saturated carbocycles. The maximum absolute atomic E-state index is 12.5. The molecule has 3 nitrogen and oxygen atoms in total. The summed E-state index contributed by atoms with van der Waals surface area (Å²) in [5, 5.41) is 0. The van der Waals surface area contributed by atoms with E-state index < -0.39 is 0 Å². The van der Waals surface area contributed by atoms with Gasteiger partial charge in [-0.3, -0.25) is 9.59 Å². The molecule has 2 aromatic rings. The second kappa shape index (κ2) is 5.34. The Bertz CT molecular complexity index is 796. The molecule has 0 bridgehead atoms. The maximum Gasteiger partial charge on any atom is 0.224 e. The molecular weight excluding hydrogens is 286 g/mol. The summed E-state index contributed by atoms with van der Waals surface area (Å²) in [6.45, 7) is 1.59. The van der Waals surface area contributed by atoms with Crippen LogP contribution >= 0.6 is 0 Å². The van der Waals surface area contributed by atoms with Gasteiger partial charge in [0.1, 0.15) is 5.78 Å². The molecule has 3 heteroatoms. The summed E-state index contributed by atoms with van der Waals surface area (Å²) >= 11 is 0. The first-order valence-corrected chi connectivity index (χ1v) is 8.19.